The molecule has 9 heteroatoms. The van der Waals surface area contributed by atoms with Crippen LogP contribution in [0.4, 0.5) is 4.79 Å². The lowest BCUT2D eigenvalue weighted by molar-refractivity contribution is -0.123. The van der Waals surface area contributed by atoms with E-state index in [9.17, 15) is 9.59 Å². The van der Waals surface area contributed by atoms with E-state index in [0.717, 1.165) is 26.5 Å². The number of hydrogen-bond donors (Lipinski definition) is 0. The Labute approximate surface area is 232 Å². The van der Waals surface area contributed by atoms with Gasteiger partial charge in [-0.15, -0.1) is 0 Å². The maximum absolute atomic E-state index is 13.0. The Morgan fingerprint density at radius 1 is 1.00 bits per heavy atom. The minimum Gasteiger partial charge on any atom is -0.493 e. The van der Waals surface area contributed by atoms with Gasteiger partial charge in [0.05, 0.1) is 23.0 Å². The molecule has 1 aliphatic rings. The molecule has 0 atom stereocenters. The van der Waals surface area contributed by atoms with Gasteiger partial charge in [0.2, 0.25) is 0 Å². The van der Waals surface area contributed by atoms with Crippen LogP contribution in [0.15, 0.2) is 74.5 Å². The third-order valence-corrected chi connectivity index (χ3v) is 8.79. The molecule has 34 heavy (non-hydrogen) atoms. The summed E-state index contributed by atoms with van der Waals surface area (Å²) in [5.74, 6) is 0.734. The molecule has 1 saturated heterocycles. The van der Waals surface area contributed by atoms with Gasteiger partial charge in [-0.2, -0.15) is 0 Å². The molecule has 1 heterocycles. The summed E-state index contributed by atoms with van der Waals surface area (Å²) in [5.41, 5.74) is 2.61. The molecule has 3 aromatic carbocycles. The second-order valence-electron chi connectivity index (χ2n) is 7.29. The first-order chi connectivity index (χ1) is 16.4. The number of nitrogens with zero attached hydrogens (tertiary/aromatic N) is 1. The fourth-order valence-electron chi connectivity index (χ4n) is 3.28. The molecule has 0 bridgehead atoms. The van der Waals surface area contributed by atoms with Crippen molar-refractivity contribution in [3.05, 3.63) is 94.8 Å². The Kier molecular flexibility index (Phi) is 8.39. The van der Waals surface area contributed by atoms with Crippen molar-refractivity contribution in [2.24, 2.45) is 0 Å². The summed E-state index contributed by atoms with van der Waals surface area (Å²) in [5, 5.41) is -0.292. The lowest BCUT2D eigenvalue weighted by Gasteiger charge is -2.16. The zero-order valence-corrected chi connectivity index (χ0v) is 24.0. The van der Waals surface area contributed by atoms with E-state index in [-0.39, 0.29) is 17.7 Å². The molecule has 5 nitrogen and oxygen atoms in total. The van der Waals surface area contributed by atoms with Gasteiger partial charge >= 0.3 is 0 Å². The number of carbonyl (C=O) groups is 2. The van der Waals surface area contributed by atoms with Crippen molar-refractivity contribution < 1.29 is 19.1 Å². The van der Waals surface area contributed by atoms with Crippen molar-refractivity contribution in [1.82, 2.24) is 4.90 Å². The summed E-state index contributed by atoms with van der Waals surface area (Å²) in [4.78, 5) is 27.2. The van der Waals surface area contributed by atoms with Crippen LogP contribution in [0, 0.1) is 3.57 Å². The molecule has 4 rings (SSSR count). The van der Waals surface area contributed by atoms with E-state index in [4.69, 9.17) is 9.47 Å². The van der Waals surface area contributed by atoms with Crippen LogP contribution in [0.25, 0.3) is 6.08 Å². The first kappa shape index (κ1) is 25.3. The van der Waals surface area contributed by atoms with E-state index >= 15 is 0 Å². The summed E-state index contributed by atoms with van der Waals surface area (Å²) < 4.78 is 14.0. The summed E-state index contributed by atoms with van der Waals surface area (Å²) >= 11 is 10.3. The molecule has 1 aliphatic heterocycles. The summed E-state index contributed by atoms with van der Waals surface area (Å²) in [6, 6.07) is 19.3. The SMILES string of the molecule is COc1cc(/C=C2\SC(=O)N(Cc3ccc(I)cc3)C2=O)c(Br)c(Br)c1OCc1ccccc1. The van der Waals surface area contributed by atoms with Crippen LogP contribution in [-0.4, -0.2) is 23.2 Å². The fraction of sp³-hybridized carbons (Fsp3) is 0.120. The topological polar surface area (TPSA) is 55.8 Å². The standard InChI is InChI=1S/C25H18Br2INO4S/c1-32-19-11-17(21(26)22(27)23(19)33-14-16-5-3-2-4-6-16)12-20-24(30)29(25(31)34-20)13-15-7-9-18(28)10-8-15/h2-12H,13-14H2,1H3/b20-12-. The number of imide groups is 1. The monoisotopic (exact) mass is 713 g/mol. The Morgan fingerprint density at radius 2 is 1.71 bits per heavy atom. The molecule has 0 radical (unpaired) electrons. The van der Waals surface area contributed by atoms with Crippen molar-refractivity contribution in [2.45, 2.75) is 13.2 Å². The van der Waals surface area contributed by atoms with E-state index in [0.29, 0.717) is 37.5 Å². The summed E-state index contributed by atoms with van der Waals surface area (Å²) in [6.45, 7) is 0.610. The smallest absolute Gasteiger partial charge is 0.293 e. The molecule has 0 aromatic heterocycles. The van der Waals surface area contributed by atoms with E-state index < -0.39 is 0 Å². The highest BCUT2D eigenvalue weighted by molar-refractivity contribution is 14.1. The molecular formula is C25H18Br2INO4S. The Balaban J connectivity index is 1.58. The van der Waals surface area contributed by atoms with E-state index in [1.807, 2.05) is 54.6 Å². The second kappa shape index (κ2) is 11.3. The number of amides is 2. The van der Waals surface area contributed by atoms with E-state index in [1.165, 1.54) is 4.90 Å². The van der Waals surface area contributed by atoms with Crippen LogP contribution >= 0.6 is 66.2 Å². The lowest BCUT2D eigenvalue weighted by atomic mass is 10.1. The van der Waals surface area contributed by atoms with Gasteiger partial charge in [0.15, 0.2) is 11.5 Å². The maximum atomic E-state index is 13.0. The number of rotatable bonds is 7. The summed E-state index contributed by atoms with van der Waals surface area (Å²) in [6.07, 6.45) is 1.69. The minimum absolute atomic E-state index is 0.235. The van der Waals surface area contributed by atoms with Crippen LogP contribution < -0.4 is 9.47 Å². The van der Waals surface area contributed by atoms with Crippen LogP contribution in [0.1, 0.15) is 16.7 Å². The first-order valence-electron chi connectivity index (χ1n) is 10.1. The van der Waals surface area contributed by atoms with Crippen LogP contribution in [-0.2, 0) is 17.9 Å². The van der Waals surface area contributed by atoms with Gasteiger partial charge in [-0.3, -0.25) is 14.5 Å². The number of hydrogen-bond acceptors (Lipinski definition) is 5. The van der Waals surface area contributed by atoms with Crippen molar-refractivity contribution in [3.8, 4) is 11.5 Å². The van der Waals surface area contributed by atoms with Crippen LogP contribution in [0.2, 0.25) is 0 Å². The predicted molar refractivity (Wildman–Crippen MR) is 150 cm³/mol. The van der Waals surface area contributed by atoms with Crippen molar-refractivity contribution in [3.63, 3.8) is 0 Å². The second-order valence-corrected chi connectivity index (χ2v) is 11.1. The van der Waals surface area contributed by atoms with Gasteiger partial charge in [-0.1, -0.05) is 42.5 Å². The first-order valence-corrected chi connectivity index (χ1v) is 13.6. The van der Waals surface area contributed by atoms with Gasteiger partial charge in [0, 0.05) is 8.04 Å². The van der Waals surface area contributed by atoms with Gasteiger partial charge in [-0.25, -0.2) is 0 Å². The quantitative estimate of drug-likeness (QED) is 0.186. The molecule has 0 N–H and O–H groups in total. The van der Waals surface area contributed by atoms with Crippen LogP contribution in [0.5, 0.6) is 11.5 Å². The summed E-state index contributed by atoms with van der Waals surface area (Å²) in [7, 11) is 1.56. The van der Waals surface area contributed by atoms with Crippen molar-refractivity contribution in [2.75, 3.05) is 7.11 Å². The average molecular weight is 715 g/mol. The molecular weight excluding hydrogens is 697 g/mol. The molecule has 1 fully saturated rings. The van der Waals surface area contributed by atoms with Gasteiger partial charge < -0.3 is 9.47 Å². The van der Waals surface area contributed by atoms with Gasteiger partial charge in [0.25, 0.3) is 11.1 Å². The molecule has 0 spiro atoms. The number of ether oxygens (including phenoxy) is 2. The Morgan fingerprint density at radius 3 is 2.38 bits per heavy atom. The van der Waals surface area contributed by atoms with E-state index in [1.54, 1.807) is 19.3 Å². The van der Waals surface area contributed by atoms with Gasteiger partial charge in [0.1, 0.15) is 6.61 Å². The molecule has 0 unspecified atom stereocenters. The zero-order valence-electron chi connectivity index (χ0n) is 17.9. The lowest BCUT2D eigenvalue weighted by Crippen LogP contribution is -2.27. The number of carbonyl (C=O) groups excluding carboxylic acids is 2. The predicted octanol–water partition coefficient (Wildman–Crippen LogP) is 7.64. The molecule has 0 aliphatic carbocycles. The highest BCUT2D eigenvalue weighted by Gasteiger charge is 2.35. The Bertz CT molecular complexity index is 1270. The zero-order chi connectivity index (χ0) is 24.2. The average Bonchev–Trinajstić information content (AvgIpc) is 3.10. The molecule has 2 amide bonds. The minimum atomic E-state index is -0.319. The molecule has 174 valence electrons. The number of methoxy groups -OCH3 is 1. The normalized spacial score (nSPS) is 14.7. The largest absolute Gasteiger partial charge is 0.493 e. The third-order valence-electron chi connectivity index (χ3n) is 5.02. The molecule has 3 aromatic rings. The third kappa shape index (κ3) is 5.69. The van der Waals surface area contributed by atoms with Crippen molar-refractivity contribution >= 4 is 83.4 Å². The fourth-order valence-corrected chi connectivity index (χ4v) is 5.41. The maximum Gasteiger partial charge on any atom is 0.293 e. The highest BCUT2D eigenvalue weighted by Crippen LogP contribution is 2.45. The molecule has 0 saturated carbocycles. The number of halogens is 3. The highest BCUT2D eigenvalue weighted by atomic mass is 127. The van der Waals surface area contributed by atoms with Crippen molar-refractivity contribution in [1.29, 1.82) is 0 Å². The van der Waals surface area contributed by atoms with Crippen LogP contribution in [0.3, 0.4) is 0 Å². The Hall–Kier alpha value is -1.82. The number of benzene rings is 3. The number of thioether (sulfide) groups is 1. The van der Waals surface area contributed by atoms with Gasteiger partial charge in [-0.05, 0) is 107 Å². The van der Waals surface area contributed by atoms with E-state index in [2.05, 4.69) is 54.5 Å².